The number of hydrogen-bond acceptors (Lipinski definition) is 5. The third-order valence-electron chi connectivity index (χ3n) is 4.55. The van der Waals surface area contributed by atoms with E-state index in [1.165, 1.54) is 0 Å². The van der Waals surface area contributed by atoms with Gasteiger partial charge in [-0.15, -0.1) is 0 Å². The van der Waals surface area contributed by atoms with Crippen LogP contribution in [0.15, 0.2) is 86.4 Å². The summed E-state index contributed by atoms with van der Waals surface area (Å²) >= 11 is 7.05. The summed E-state index contributed by atoms with van der Waals surface area (Å²) in [6, 6.07) is 20.9. The zero-order chi connectivity index (χ0) is 22.5. The molecule has 4 rings (SSSR count). The first-order chi connectivity index (χ1) is 15.5. The third kappa shape index (κ3) is 5.29. The van der Waals surface area contributed by atoms with Crippen LogP contribution in [0.1, 0.15) is 23.6 Å². The Labute approximate surface area is 203 Å². The Balaban J connectivity index is 1.61. The number of carbonyl (C=O) groups is 1. The van der Waals surface area contributed by atoms with Gasteiger partial charge >= 0.3 is 5.97 Å². The Hall–Kier alpha value is -2.90. The highest BCUT2D eigenvalue weighted by Crippen LogP contribution is 2.38. The number of hydrogen-bond donors (Lipinski definition) is 0. The van der Waals surface area contributed by atoms with Gasteiger partial charge in [-0.1, -0.05) is 46.3 Å². The number of cyclic esters (lactones) is 1. The van der Waals surface area contributed by atoms with Crippen LogP contribution in [0.3, 0.4) is 0 Å². The van der Waals surface area contributed by atoms with Gasteiger partial charge in [-0.25, -0.2) is 9.79 Å². The van der Waals surface area contributed by atoms with Crippen molar-refractivity contribution < 1.29 is 19.0 Å². The first-order valence-electron chi connectivity index (χ1n) is 9.95. The largest absolute Gasteiger partial charge is 0.490 e. The molecule has 162 valence electrons. The molecule has 1 heterocycles. The van der Waals surface area contributed by atoms with E-state index in [1.807, 2.05) is 73.7 Å². The Bertz CT molecular complexity index is 1210. The van der Waals surface area contributed by atoms with Gasteiger partial charge in [0.1, 0.15) is 6.61 Å². The van der Waals surface area contributed by atoms with Crippen LogP contribution in [0, 0.1) is 0 Å². The molecule has 0 aromatic heterocycles. The average molecular weight is 557 g/mol. The molecule has 0 amide bonds. The molecule has 1 aliphatic rings. The van der Waals surface area contributed by atoms with Crippen LogP contribution in [0.25, 0.3) is 6.08 Å². The number of benzene rings is 3. The molecule has 3 aromatic rings. The SMILES string of the molecule is CCOc1cc(/C=C2\N=C(c3ccccc3)OC2=O)cc(Br)c1OCc1cccc(Br)c1. The average Bonchev–Trinajstić information content (AvgIpc) is 3.14. The fourth-order valence-corrected chi connectivity index (χ4v) is 4.15. The monoisotopic (exact) mass is 555 g/mol. The topological polar surface area (TPSA) is 57.1 Å². The second-order valence-electron chi connectivity index (χ2n) is 6.88. The van der Waals surface area contributed by atoms with E-state index in [2.05, 4.69) is 36.9 Å². The molecule has 0 N–H and O–H groups in total. The summed E-state index contributed by atoms with van der Waals surface area (Å²) in [5.74, 6) is 0.964. The second-order valence-corrected chi connectivity index (χ2v) is 8.65. The van der Waals surface area contributed by atoms with E-state index in [0.717, 1.165) is 21.2 Å². The minimum atomic E-state index is -0.493. The van der Waals surface area contributed by atoms with Gasteiger partial charge in [0.15, 0.2) is 17.2 Å². The molecular weight excluding hydrogens is 538 g/mol. The maximum absolute atomic E-state index is 12.3. The minimum absolute atomic E-state index is 0.223. The second kappa shape index (κ2) is 10.1. The fraction of sp³-hybridized carbons (Fsp3) is 0.120. The van der Waals surface area contributed by atoms with Crippen LogP contribution in [-0.4, -0.2) is 18.5 Å². The molecule has 3 aromatic carbocycles. The van der Waals surface area contributed by atoms with Crippen molar-refractivity contribution in [1.82, 2.24) is 0 Å². The van der Waals surface area contributed by atoms with Gasteiger partial charge in [0.05, 0.1) is 11.1 Å². The van der Waals surface area contributed by atoms with E-state index in [0.29, 0.717) is 35.1 Å². The Kier molecular flexibility index (Phi) is 7.07. The van der Waals surface area contributed by atoms with Crippen LogP contribution in [0.2, 0.25) is 0 Å². The predicted octanol–water partition coefficient (Wildman–Crippen LogP) is 6.53. The zero-order valence-electron chi connectivity index (χ0n) is 17.2. The van der Waals surface area contributed by atoms with Crippen LogP contribution >= 0.6 is 31.9 Å². The fourth-order valence-electron chi connectivity index (χ4n) is 3.13. The van der Waals surface area contributed by atoms with Crippen LogP contribution < -0.4 is 9.47 Å². The maximum Gasteiger partial charge on any atom is 0.363 e. The van der Waals surface area contributed by atoms with Gasteiger partial charge in [0, 0.05) is 10.0 Å². The van der Waals surface area contributed by atoms with Crippen molar-refractivity contribution in [1.29, 1.82) is 0 Å². The summed E-state index contributed by atoms with van der Waals surface area (Å²) in [7, 11) is 0. The molecule has 32 heavy (non-hydrogen) atoms. The van der Waals surface area contributed by atoms with Crippen LogP contribution in [0.4, 0.5) is 0 Å². The highest BCUT2D eigenvalue weighted by Gasteiger charge is 2.24. The molecule has 0 unspecified atom stereocenters. The van der Waals surface area contributed by atoms with Gasteiger partial charge < -0.3 is 14.2 Å². The molecule has 0 saturated heterocycles. The molecule has 5 nitrogen and oxygen atoms in total. The Morgan fingerprint density at radius 3 is 2.56 bits per heavy atom. The number of rotatable bonds is 7. The molecule has 0 saturated carbocycles. The van der Waals surface area contributed by atoms with E-state index >= 15 is 0 Å². The predicted molar refractivity (Wildman–Crippen MR) is 131 cm³/mol. The lowest BCUT2D eigenvalue weighted by molar-refractivity contribution is -0.129. The maximum atomic E-state index is 12.3. The summed E-state index contributed by atoms with van der Waals surface area (Å²) in [5, 5.41) is 0. The number of nitrogens with zero attached hydrogens (tertiary/aromatic N) is 1. The van der Waals surface area contributed by atoms with E-state index in [4.69, 9.17) is 14.2 Å². The Morgan fingerprint density at radius 1 is 1.00 bits per heavy atom. The number of esters is 1. The molecule has 0 bridgehead atoms. The van der Waals surface area contributed by atoms with E-state index in [1.54, 1.807) is 6.08 Å². The number of carbonyl (C=O) groups excluding carboxylic acids is 1. The molecule has 0 fully saturated rings. The van der Waals surface area contributed by atoms with Gasteiger partial charge in [0.25, 0.3) is 0 Å². The van der Waals surface area contributed by atoms with Crippen molar-refractivity contribution in [2.24, 2.45) is 4.99 Å². The molecule has 0 aliphatic carbocycles. The lowest BCUT2D eigenvalue weighted by atomic mass is 10.1. The number of aliphatic imine (C=N–C) groups is 1. The molecule has 0 radical (unpaired) electrons. The minimum Gasteiger partial charge on any atom is -0.490 e. The van der Waals surface area contributed by atoms with E-state index in [-0.39, 0.29) is 5.70 Å². The van der Waals surface area contributed by atoms with E-state index < -0.39 is 5.97 Å². The first kappa shape index (κ1) is 22.3. The van der Waals surface area contributed by atoms with Crippen molar-refractivity contribution in [3.63, 3.8) is 0 Å². The van der Waals surface area contributed by atoms with E-state index in [9.17, 15) is 4.79 Å². The van der Waals surface area contributed by atoms with Crippen molar-refractivity contribution >= 4 is 49.8 Å². The molecule has 1 aliphatic heterocycles. The highest BCUT2D eigenvalue weighted by molar-refractivity contribution is 9.10. The first-order valence-corrected chi connectivity index (χ1v) is 11.5. The van der Waals surface area contributed by atoms with Crippen molar-refractivity contribution in [2.45, 2.75) is 13.5 Å². The number of halogens is 2. The zero-order valence-corrected chi connectivity index (χ0v) is 20.4. The van der Waals surface area contributed by atoms with Gasteiger partial charge in [0.2, 0.25) is 5.90 Å². The van der Waals surface area contributed by atoms with Crippen LogP contribution in [0.5, 0.6) is 11.5 Å². The highest BCUT2D eigenvalue weighted by atomic mass is 79.9. The van der Waals surface area contributed by atoms with Gasteiger partial charge in [-0.05, 0) is 76.5 Å². The molecule has 0 atom stereocenters. The summed E-state index contributed by atoms with van der Waals surface area (Å²) in [5.41, 5.74) is 2.73. The smallest absolute Gasteiger partial charge is 0.363 e. The molecule has 7 heteroatoms. The molecular formula is C25H19Br2NO4. The summed E-state index contributed by atoms with van der Waals surface area (Å²) in [6.07, 6.45) is 1.67. The van der Waals surface area contributed by atoms with Crippen LogP contribution in [-0.2, 0) is 16.1 Å². The quantitative estimate of drug-likeness (QED) is 0.245. The van der Waals surface area contributed by atoms with Crippen molar-refractivity contribution in [2.75, 3.05) is 6.61 Å². The van der Waals surface area contributed by atoms with Crippen molar-refractivity contribution in [3.8, 4) is 11.5 Å². The molecule has 0 spiro atoms. The van der Waals surface area contributed by atoms with Gasteiger partial charge in [-0.3, -0.25) is 0 Å². The summed E-state index contributed by atoms with van der Waals surface area (Å²) < 4.78 is 18.9. The standard InChI is InChI=1S/C25H19Br2NO4/c1-2-30-22-14-17(12-20(27)23(22)31-15-16-7-6-10-19(26)11-16)13-21-25(29)32-24(28-21)18-8-4-3-5-9-18/h3-14H,2,15H2,1H3/b21-13-. The van der Waals surface area contributed by atoms with Gasteiger partial charge in [-0.2, -0.15) is 0 Å². The number of ether oxygens (including phenoxy) is 3. The third-order valence-corrected chi connectivity index (χ3v) is 5.63. The Morgan fingerprint density at radius 2 is 1.81 bits per heavy atom. The summed E-state index contributed by atoms with van der Waals surface area (Å²) in [6.45, 7) is 2.76. The normalized spacial score (nSPS) is 14.3. The van der Waals surface area contributed by atoms with Crippen molar-refractivity contribution in [3.05, 3.63) is 98.1 Å². The summed E-state index contributed by atoms with van der Waals surface area (Å²) in [4.78, 5) is 16.7. The lowest BCUT2D eigenvalue weighted by Gasteiger charge is -2.15. The lowest BCUT2D eigenvalue weighted by Crippen LogP contribution is -2.05.